The van der Waals surface area contributed by atoms with Gasteiger partial charge in [-0.3, -0.25) is 4.79 Å². The fourth-order valence-corrected chi connectivity index (χ4v) is 2.38. The van der Waals surface area contributed by atoms with Gasteiger partial charge in [-0.05, 0) is 42.8 Å². The van der Waals surface area contributed by atoms with Crippen molar-refractivity contribution in [3.05, 3.63) is 65.2 Å². The van der Waals surface area contributed by atoms with Gasteiger partial charge in [-0.1, -0.05) is 24.3 Å². The van der Waals surface area contributed by atoms with E-state index in [-0.39, 0.29) is 23.4 Å². The van der Waals surface area contributed by atoms with Gasteiger partial charge in [0.25, 0.3) is 5.91 Å². The van der Waals surface area contributed by atoms with Gasteiger partial charge in [0.05, 0.1) is 25.0 Å². The van der Waals surface area contributed by atoms with Crippen LogP contribution in [-0.2, 0) is 19.1 Å². The third-order valence-corrected chi connectivity index (χ3v) is 3.80. The number of carbonyl (C=O) groups excluding carboxylic acids is 3. The van der Waals surface area contributed by atoms with Crippen LogP contribution in [0.25, 0.3) is 6.08 Å². The number of anilines is 1. The molecule has 2 aromatic carbocycles. The van der Waals surface area contributed by atoms with Crippen molar-refractivity contribution in [1.82, 2.24) is 0 Å². The SMILES string of the molecule is CCOC(=O)c1ccccc1NC(=O)COC(=O)/C(C#N)=C/c1ccc(OC)cc1. The van der Waals surface area contributed by atoms with Gasteiger partial charge in [0, 0.05) is 0 Å². The minimum Gasteiger partial charge on any atom is -0.497 e. The summed E-state index contributed by atoms with van der Waals surface area (Å²) in [6, 6.07) is 14.7. The Morgan fingerprint density at radius 3 is 2.40 bits per heavy atom. The van der Waals surface area contributed by atoms with E-state index in [0.717, 1.165) is 0 Å². The summed E-state index contributed by atoms with van der Waals surface area (Å²) in [5.41, 5.74) is 0.736. The lowest BCUT2D eigenvalue weighted by atomic mass is 10.1. The summed E-state index contributed by atoms with van der Waals surface area (Å²) in [5.74, 6) is -1.56. The molecule has 0 aromatic heterocycles. The lowest BCUT2D eigenvalue weighted by molar-refractivity contribution is -0.142. The van der Waals surface area contributed by atoms with Crippen LogP contribution in [0.5, 0.6) is 5.75 Å². The Balaban J connectivity index is 2.00. The average Bonchev–Trinajstić information content (AvgIpc) is 2.76. The molecule has 0 aliphatic rings. The number of nitrogens with one attached hydrogen (secondary N) is 1. The van der Waals surface area contributed by atoms with Crippen LogP contribution in [0.1, 0.15) is 22.8 Å². The molecule has 0 saturated heterocycles. The van der Waals surface area contributed by atoms with Crippen molar-refractivity contribution in [3.8, 4) is 11.8 Å². The summed E-state index contributed by atoms with van der Waals surface area (Å²) >= 11 is 0. The van der Waals surface area contributed by atoms with Crippen LogP contribution in [0.15, 0.2) is 54.1 Å². The molecule has 8 nitrogen and oxygen atoms in total. The highest BCUT2D eigenvalue weighted by Gasteiger charge is 2.16. The number of nitrogens with zero attached hydrogens (tertiary/aromatic N) is 1. The largest absolute Gasteiger partial charge is 0.497 e. The number of benzene rings is 2. The summed E-state index contributed by atoms with van der Waals surface area (Å²) < 4.78 is 14.9. The van der Waals surface area contributed by atoms with E-state index in [0.29, 0.717) is 11.3 Å². The number of hydrogen-bond acceptors (Lipinski definition) is 7. The number of ether oxygens (including phenoxy) is 3. The van der Waals surface area contributed by atoms with E-state index >= 15 is 0 Å². The van der Waals surface area contributed by atoms with Crippen LogP contribution < -0.4 is 10.1 Å². The Kier molecular flexibility index (Phi) is 8.15. The first-order chi connectivity index (χ1) is 14.5. The molecule has 0 spiro atoms. The van der Waals surface area contributed by atoms with Crippen LogP contribution in [-0.4, -0.2) is 38.2 Å². The second kappa shape index (κ2) is 11.0. The van der Waals surface area contributed by atoms with Crippen molar-refractivity contribution in [3.63, 3.8) is 0 Å². The fourth-order valence-electron chi connectivity index (χ4n) is 2.38. The molecule has 0 atom stereocenters. The van der Waals surface area contributed by atoms with Crippen LogP contribution in [0, 0.1) is 11.3 Å². The quantitative estimate of drug-likeness (QED) is 0.406. The van der Waals surface area contributed by atoms with Crippen LogP contribution in [0.2, 0.25) is 0 Å². The number of rotatable bonds is 8. The molecule has 0 aliphatic carbocycles. The van der Waals surface area contributed by atoms with Gasteiger partial charge >= 0.3 is 11.9 Å². The lowest BCUT2D eigenvalue weighted by Gasteiger charge is -2.10. The van der Waals surface area contributed by atoms with Gasteiger partial charge in [-0.25, -0.2) is 9.59 Å². The lowest BCUT2D eigenvalue weighted by Crippen LogP contribution is -2.22. The molecule has 1 N–H and O–H groups in total. The maximum atomic E-state index is 12.1. The van der Waals surface area contributed by atoms with E-state index < -0.39 is 24.5 Å². The Labute approximate surface area is 173 Å². The summed E-state index contributed by atoms with van der Waals surface area (Å²) in [4.78, 5) is 36.2. The van der Waals surface area contributed by atoms with E-state index in [1.807, 2.05) is 0 Å². The van der Waals surface area contributed by atoms with Crippen molar-refractivity contribution < 1.29 is 28.6 Å². The van der Waals surface area contributed by atoms with Gasteiger partial charge < -0.3 is 19.5 Å². The molecule has 0 unspecified atom stereocenters. The van der Waals surface area contributed by atoms with Crippen molar-refractivity contribution in [2.24, 2.45) is 0 Å². The average molecular weight is 408 g/mol. The molecule has 0 bridgehead atoms. The summed E-state index contributed by atoms with van der Waals surface area (Å²) in [7, 11) is 1.53. The van der Waals surface area contributed by atoms with Gasteiger partial charge in [-0.15, -0.1) is 0 Å². The zero-order chi connectivity index (χ0) is 21.9. The molecule has 2 aromatic rings. The highest BCUT2D eigenvalue weighted by molar-refractivity contribution is 6.03. The first-order valence-electron chi connectivity index (χ1n) is 8.97. The number of para-hydroxylation sites is 1. The minimum absolute atomic E-state index is 0.177. The van der Waals surface area contributed by atoms with E-state index in [9.17, 15) is 19.6 Å². The second-order valence-corrected chi connectivity index (χ2v) is 5.83. The minimum atomic E-state index is -0.942. The first-order valence-corrected chi connectivity index (χ1v) is 8.97. The maximum Gasteiger partial charge on any atom is 0.349 e. The normalized spacial score (nSPS) is 10.5. The zero-order valence-electron chi connectivity index (χ0n) is 16.5. The van der Waals surface area contributed by atoms with Crippen molar-refractivity contribution in [2.45, 2.75) is 6.92 Å². The zero-order valence-corrected chi connectivity index (χ0v) is 16.5. The highest BCUT2D eigenvalue weighted by atomic mass is 16.5. The van der Waals surface area contributed by atoms with Crippen molar-refractivity contribution >= 4 is 29.6 Å². The fraction of sp³-hybridized carbons (Fsp3) is 0.182. The van der Waals surface area contributed by atoms with Crippen LogP contribution >= 0.6 is 0 Å². The predicted molar refractivity (Wildman–Crippen MR) is 109 cm³/mol. The van der Waals surface area contributed by atoms with Crippen molar-refractivity contribution in [2.75, 3.05) is 25.6 Å². The molecule has 1 amide bonds. The molecule has 2 rings (SSSR count). The molecule has 0 fully saturated rings. The van der Waals surface area contributed by atoms with Crippen LogP contribution in [0.4, 0.5) is 5.69 Å². The third kappa shape index (κ3) is 6.21. The van der Waals surface area contributed by atoms with Gasteiger partial charge in [-0.2, -0.15) is 5.26 Å². The summed E-state index contributed by atoms with van der Waals surface area (Å²) in [5, 5.41) is 11.7. The molecule has 154 valence electrons. The van der Waals surface area contributed by atoms with Gasteiger partial charge in [0.1, 0.15) is 17.4 Å². The monoisotopic (exact) mass is 408 g/mol. The second-order valence-electron chi connectivity index (χ2n) is 5.83. The number of hydrogen-bond donors (Lipinski definition) is 1. The van der Waals surface area contributed by atoms with Crippen molar-refractivity contribution in [1.29, 1.82) is 5.26 Å². The van der Waals surface area contributed by atoms with Crippen LogP contribution in [0.3, 0.4) is 0 Å². The molecular weight excluding hydrogens is 388 g/mol. The molecule has 30 heavy (non-hydrogen) atoms. The van der Waals surface area contributed by atoms with E-state index in [2.05, 4.69) is 5.32 Å². The predicted octanol–water partition coefficient (Wildman–Crippen LogP) is 2.96. The molecule has 0 heterocycles. The molecule has 0 saturated carbocycles. The Morgan fingerprint density at radius 2 is 1.77 bits per heavy atom. The van der Waals surface area contributed by atoms with Gasteiger partial charge in [0.15, 0.2) is 6.61 Å². The maximum absolute atomic E-state index is 12.1. The molecule has 0 radical (unpaired) electrons. The molecular formula is C22H20N2O6. The Bertz CT molecular complexity index is 989. The van der Waals surface area contributed by atoms with E-state index in [1.54, 1.807) is 49.4 Å². The number of nitriles is 1. The van der Waals surface area contributed by atoms with Gasteiger partial charge in [0.2, 0.25) is 0 Å². The topological polar surface area (TPSA) is 115 Å². The summed E-state index contributed by atoms with van der Waals surface area (Å²) in [6.45, 7) is 1.23. The third-order valence-electron chi connectivity index (χ3n) is 3.80. The smallest absolute Gasteiger partial charge is 0.349 e. The number of esters is 2. The Hall–Kier alpha value is -4.12. The van der Waals surface area contributed by atoms with E-state index in [4.69, 9.17) is 14.2 Å². The first kappa shape index (κ1) is 22.2. The Morgan fingerprint density at radius 1 is 1.07 bits per heavy atom. The number of amides is 1. The molecule has 8 heteroatoms. The highest BCUT2D eigenvalue weighted by Crippen LogP contribution is 2.17. The standard InChI is InChI=1S/C22H20N2O6/c1-3-29-22(27)18-6-4-5-7-19(18)24-20(25)14-30-21(26)16(13-23)12-15-8-10-17(28-2)11-9-15/h4-12H,3,14H2,1-2H3,(H,24,25)/b16-12+. The number of carbonyl (C=O) groups is 3. The van der Waals surface area contributed by atoms with E-state index in [1.165, 1.54) is 25.3 Å². The number of methoxy groups -OCH3 is 1. The molecule has 0 aliphatic heterocycles. The summed E-state index contributed by atoms with van der Waals surface area (Å²) in [6.07, 6.45) is 1.34.